The van der Waals surface area contributed by atoms with Gasteiger partial charge in [-0.05, 0) is 0 Å². The van der Waals surface area contributed by atoms with Gasteiger partial charge in [0, 0.05) is 0 Å². The second-order valence-electron chi connectivity index (χ2n) is 1.83. The van der Waals surface area contributed by atoms with Crippen LogP contribution in [0.5, 0.6) is 0 Å². The summed E-state index contributed by atoms with van der Waals surface area (Å²) in [6.07, 6.45) is -6.62. The summed E-state index contributed by atoms with van der Waals surface area (Å²) < 4.78 is 0. The summed E-state index contributed by atoms with van der Waals surface area (Å²) in [4.78, 5) is 28.0. The summed E-state index contributed by atoms with van der Waals surface area (Å²) in [5.74, 6) is -3.54. The average molecular weight is 252 g/mol. The number of aliphatic hydroxyl groups is 2. The fraction of sp³-hybridized carbons (Fsp3) is 0.400. The van der Waals surface area contributed by atoms with Crippen molar-refractivity contribution in [1.29, 1.82) is 0 Å². The molecule has 0 rings (SSSR count). The molecule has 0 fully saturated rings. The standard InChI is InChI=1S/C4H6O6.CH2O3.Na.H2O/c5-1(3(7)8)2(6)4(9)10;2-1(3)4;;/h1-2,5-6H,(H,7,8)(H,9,10);(H2,2,3,4);;1H2/q;;+1;/p-1. The molecule has 7 N–H and O–H groups in total. The van der Waals surface area contributed by atoms with Crippen LogP contribution in [0.25, 0.3) is 0 Å². The van der Waals surface area contributed by atoms with Gasteiger partial charge in [0.25, 0.3) is 0 Å². The fourth-order valence-electron chi connectivity index (χ4n) is 0.270. The van der Waals surface area contributed by atoms with Gasteiger partial charge in [-0.25, -0.2) is 9.59 Å². The van der Waals surface area contributed by atoms with E-state index in [4.69, 9.17) is 35.4 Å². The molecule has 0 heterocycles. The molecular formula is C5H9NaO10. The van der Waals surface area contributed by atoms with Gasteiger partial charge in [-0.3, -0.25) is 0 Å². The summed E-state index contributed by atoms with van der Waals surface area (Å²) in [5, 5.41) is 47.8. The van der Waals surface area contributed by atoms with Crippen LogP contribution in [0.3, 0.4) is 0 Å². The van der Waals surface area contributed by atoms with Crippen molar-refractivity contribution in [3.63, 3.8) is 0 Å². The molecule has 0 aliphatic rings. The van der Waals surface area contributed by atoms with E-state index in [1.54, 1.807) is 0 Å². The number of hydrogen-bond acceptors (Lipinski definition) is 6. The molecule has 90 valence electrons. The molecule has 0 aromatic heterocycles. The minimum Gasteiger partial charge on any atom is -0.565 e. The fourth-order valence-corrected chi connectivity index (χ4v) is 0.270. The van der Waals surface area contributed by atoms with E-state index in [1.165, 1.54) is 0 Å². The van der Waals surface area contributed by atoms with Gasteiger partial charge in [-0.15, -0.1) is 0 Å². The molecule has 0 amide bonds. The Labute approximate surface area is 110 Å². The Morgan fingerprint density at radius 2 is 1.00 bits per heavy atom. The molecular weight excluding hydrogens is 243 g/mol. The van der Waals surface area contributed by atoms with Crippen LogP contribution in [0.4, 0.5) is 4.79 Å². The molecule has 0 aromatic rings. The minimum absolute atomic E-state index is 0. The molecule has 2 atom stereocenters. The van der Waals surface area contributed by atoms with Gasteiger partial charge in [0.1, 0.15) is 0 Å². The van der Waals surface area contributed by atoms with E-state index in [-0.39, 0.29) is 35.0 Å². The Hall–Kier alpha value is -0.910. The quantitative estimate of drug-likeness (QED) is 0.302. The van der Waals surface area contributed by atoms with Gasteiger partial charge < -0.3 is 40.9 Å². The predicted molar refractivity (Wildman–Crippen MR) is 38.9 cm³/mol. The van der Waals surface area contributed by atoms with E-state index in [1.807, 2.05) is 0 Å². The van der Waals surface area contributed by atoms with Crippen molar-refractivity contribution >= 4 is 18.1 Å². The van der Waals surface area contributed by atoms with Crippen molar-refractivity contribution < 1.29 is 80.1 Å². The van der Waals surface area contributed by atoms with Crippen LogP contribution in [0, 0.1) is 0 Å². The Morgan fingerprint density at radius 1 is 0.875 bits per heavy atom. The topological polar surface area (TPSA) is 207 Å². The molecule has 0 spiro atoms. The molecule has 16 heavy (non-hydrogen) atoms. The SMILES string of the molecule is O.O=C(O)C(O)C(O)C(=O)O.O=C([O-])O.[Na+]. The average Bonchev–Trinajstić information content (AvgIpc) is 2.00. The van der Waals surface area contributed by atoms with Crippen LogP contribution >= 0.6 is 0 Å². The molecule has 0 aromatic carbocycles. The summed E-state index contributed by atoms with van der Waals surface area (Å²) in [6.45, 7) is 0. The van der Waals surface area contributed by atoms with Gasteiger partial charge in [0.15, 0.2) is 12.2 Å². The van der Waals surface area contributed by atoms with E-state index in [9.17, 15) is 9.59 Å². The minimum atomic E-state index is -2.27. The van der Waals surface area contributed by atoms with Crippen molar-refractivity contribution in [2.75, 3.05) is 0 Å². The molecule has 2 unspecified atom stereocenters. The van der Waals surface area contributed by atoms with Crippen LogP contribution in [0.2, 0.25) is 0 Å². The summed E-state index contributed by atoms with van der Waals surface area (Å²) >= 11 is 0. The van der Waals surface area contributed by atoms with Crippen LogP contribution in [0.15, 0.2) is 0 Å². The van der Waals surface area contributed by atoms with Gasteiger partial charge >= 0.3 is 41.5 Å². The Morgan fingerprint density at radius 3 is 1.06 bits per heavy atom. The molecule has 0 radical (unpaired) electrons. The molecule has 0 saturated heterocycles. The molecule has 0 aliphatic carbocycles. The van der Waals surface area contributed by atoms with Crippen molar-refractivity contribution in [2.45, 2.75) is 12.2 Å². The molecule has 0 aliphatic heterocycles. The monoisotopic (exact) mass is 252 g/mol. The number of carboxylic acid groups (broad SMARTS) is 4. The number of carbonyl (C=O) groups is 3. The van der Waals surface area contributed by atoms with Crippen LogP contribution in [0.1, 0.15) is 0 Å². The van der Waals surface area contributed by atoms with Crippen molar-refractivity contribution in [3.8, 4) is 0 Å². The number of carboxylic acids is 2. The van der Waals surface area contributed by atoms with E-state index < -0.39 is 30.3 Å². The van der Waals surface area contributed by atoms with E-state index in [0.29, 0.717) is 0 Å². The maximum atomic E-state index is 9.77. The van der Waals surface area contributed by atoms with Crippen molar-refractivity contribution in [2.24, 2.45) is 0 Å². The number of hydrogen-bond donors (Lipinski definition) is 5. The summed E-state index contributed by atoms with van der Waals surface area (Å²) in [5.41, 5.74) is 0. The van der Waals surface area contributed by atoms with E-state index in [2.05, 4.69) is 0 Å². The Kier molecular flexibility index (Phi) is 18.5. The second kappa shape index (κ2) is 12.2. The Bertz CT molecular complexity index is 205. The van der Waals surface area contributed by atoms with Gasteiger partial charge in [-0.2, -0.15) is 0 Å². The van der Waals surface area contributed by atoms with Crippen molar-refractivity contribution in [1.82, 2.24) is 0 Å². The van der Waals surface area contributed by atoms with Gasteiger partial charge in [0.05, 0.1) is 0 Å². The maximum absolute atomic E-state index is 9.77. The third-order valence-corrected chi connectivity index (χ3v) is 0.805. The molecule has 0 saturated carbocycles. The van der Waals surface area contributed by atoms with Gasteiger partial charge in [-0.1, -0.05) is 0 Å². The number of aliphatic hydroxyl groups excluding tert-OH is 2. The number of rotatable bonds is 3. The third kappa shape index (κ3) is 15.6. The smallest absolute Gasteiger partial charge is 0.565 e. The normalized spacial score (nSPS) is 11.4. The first-order valence-electron chi connectivity index (χ1n) is 2.91. The number of aliphatic carboxylic acids is 2. The molecule has 10 nitrogen and oxygen atoms in total. The first-order chi connectivity index (χ1) is 6.20. The largest absolute Gasteiger partial charge is 1.00 e. The van der Waals surface area contributed by atoms with E-state index in [0.717, 1.165) is 0 Å². The summed E-state index contributed by atoms with van der Waals surface area (Å²) in [6, 6.07) is 0. The maximum Gasteiger partial charge on any atom is 1.00 e. The van der Waals surface area contributed by atoms with E-state index >= 15 is 0 Å². The molecule has 0 bridgehead atoms. The first kappa shape index (κ1) is 24.4. The van der Waals surface area contributed by atoms with Crippen LogP contribution < -0.4 is 34.7 Å². The third-order valence-electron chi connectivity index (χ3n) is 0.805. The first-order valence-corrected chi connectivity index (χ1v) is 2.91. The zero-order valence-corrected chi connectivity index (χ0v) is 10.0. The predicted octanol–water partition coefficient (Wildman–Crippen LogP) is -7.06. The zero-order valence-electron chi connectivity index (χ0n) is 8.02. The second-order valence-corrected chi connectivity index (χ2v) is 1.83. The molecule has 11 heteroatoms. The van der Waals surface area contributed by atoms with Gasteiger partial charge in [0.2, 0.25) is 6.16 Å². The van der Waals surface area contributed by atoms with Crippen molar-refractivity contribution in [3.05, 3.63) is 0 Å². The zero-order chi connectivity index (χ0) is 11.9. The van der Waals surface area contributed by atoms with Crippen LogP contribution in [-0.4, -0.2) is 61.3 Å². The van der Waals surface area contributed by atoms with Crippen LogP contribution in [-0.2, 0) is 9.59 Å². The Balaban J connectivity index is -0.000000105. The summed E-state index contributed by atoms with van der Waals surface area (Å²) in [7, 11) is 0.